The summed E-state index contributed by atoms with van der Waals surface area (Å²) in [5.74, 6) is -0.946. The minimum atomic E-state index is -1.08. The number of likely N-dealkylation sites (N-methyl/N-ethyl adjacent to an activating group) is 1. The molecule has 0 aromatic heterocycles. The molecule has 0 aromatic carbocycles. The zero-order chi connectivity index (χ0) is 10.7. The average molecular weight is 190 g/mol. The molecule has 0 aromatic rings. The molecule has 0 aliphatic rings. The highest BCUT2D eigenvalue weighted by atomic mass is 16.4. The molecule has 0 bridgehead atoms. The molecule has 0 aliphatic carbocycles. The summed E-state index contributed by atoms with van der Waals surface area (Å²) >= 11 is 0. The van der Waals surface area contributed by atoms with Crippen LogP contribution in [-0.4, -0.2) is 54.0 Å². The Morgan fingerprint density at radius 3 is 2.08 bits per heavy atom. The van der Waals surface area contributed by atoms with Crippen LogP contribution < -0.4 is 0 Å². The molecule has 2 N–H and O–H groups in total. The van der Waals surface area contributed by atoms with Gasteiger partial charge in [0.25, 0.3) is 0 Å². The fourth-order valence-electron chi connectivity index (χ4n) is 1.46. The third kappa shape index (κ3) is 5.60. The normalized spacial score (nSPS) is 16.7. The van der Waals surface area contributed by atoms with Crippen LogP contribution in [0.5, 0.6) is 0 Å². The molecule has 0 radical (unpaired) electrons. The first-order chi connectivity index (χ1) is 5.68. The number of hydrogen-bond acceptors (Lipinski definition) is 2. The number of carboxylic acid groups (broad SMARTS) is 1. The topological polar surface area (TPSA) is 57.5 Å². The molecule has 0 heterocycles. The van der Waals surface area contributed by atoms with Crippen LogP contribution in [0.25, 0.3) is 0 Å². The summed E-state index contributed by atoms with van der Waals surface area (Å²) in [4.78, 5) is 10.5. The number of carbonyl (C=O) groups is 1. The van der Waals surface area contributed by atoms with E-state index in [0.717, 1.165) is 0 Å². The van der Waals surface area contributed by atoms with Crippen molar-refractivity contribution in [2.45, 2.75) is 25.4 Å². The van der Waals surface area contributed by atoms with Gasteiger partial charge in [-0.25, -0.2) is 0 Å². The Kier molecular flexibility index (Phi) is 3.88. The predicted molar refractivity (Wildman–Crippen MR) is 50.4 cm³/mol. The third-order valence-corrected chi connectivity index (χ3v) is 1.91. The summed E-state index contributed by atoms with van der Waals surface area (Å²) < 4.78 is 0.567. The lowest BCUT2D eigenvalue weighted by molar-refractivity contribution is -0.877. The summed E-state index contributed by atoms with van der Waals surface area (Å²) in [5, 5.41) is 18.5. The van der Waals surface area contributed by atoms with Gasteiger partial charge in [0.05, 0.1) is 27.6 Å². The number of rotatable bonds is 5. The van der Waals surface area contributed by atoms with Crippen molar-refractivity contribution < 1.29 is 19.5 Å². The Labute approximate surface area is 79.4 Å². The Balaban J connectivity index is 4.36. The molecule has 0 amide bonds. The maximum absolute atomic E-state index is 10.5. The first kappa shape index (κ1) is 12.4. The van der Waals surface area contributed by atoms with Gasteiger partial charge in [-0.3, -0.25) is 4.79 Å². The van der Waals surface area contributed by atoms with Crippen LogP contribution in [0.15, 0.2) is 0 Å². The highest BCUT2D eigenvalue weighted by Gasteiger charge is 2.33. The lowest BCUT2D eigenvalue weighted by Gasteiger charge is -2.34. The summed E-state index contributed by atoms with van der Waals surface area (Å²) in [6.07, 6.45) is 0.286. The first-order valence-electron chi connectivity index (χ1n) is 4.43. The van der Waals surface area contributed by atoms with E-state index in [4.69, 9.17) is 5.11 Å². The second-order valence-electron chi connectivity index (χ2n) is 4.60. The van der Waals surface area contributed by atoms with Gasteiger partial charge >= 0.3 is 5.97 Å². The molecule has 0 spiro atoms. The van der Waals surface area contributed by atoms with Gasteiger partial charge in [0.1, 0.15) is 12.1 Å². The quantitative estimate of drug-likeness (QED) is 0.613. The maximum atomic E-state index is 10.5. The molecule has 13 heavy (non-hydrogen) atoms. The Morgan fingerprint density at radius 1 is 1.38 bits per heavy atom. The van der Waals surface area contributed by atoms with Gasteiger partial charge in [-0.05, 0) is 6.42 Å². The van der Waals surface area contributed by atoms with Crippen molar-refractivity contribution >= 4 is 5.97 Å². The second kappa shape index (κ2) is 4.07. The minimum absolute atomic E-state index is 0.182. The highest BCUT2D eigenvalue weighted by Crippen LogP contribution is 2.18. The molecule has 0 fully saturated rings. The standard InChI is InChI=1S/C9H19NO3/c1-5-9(13,6-8(11)12)7-10(2,3)4/h13H,5-7H2,1-4H3/p+1. The van der Waals surface area contributed by atoms with E-state index in [1.807, 2.05) is 21.1 Å². The van der Waals surface area contributed by atoms with Crippen LogP contribution in [-0.2, 0) is 4.79 Å². The van der Waals surface area contributed by atoms with Crippen molar-refractivity contribution in [2.24, 2.45) is 0 Å². The van der Waals surface area contributed by atoms with Crippen molar-refractivity contribution in [2.75, 3.05) is 27.7 Å². The number of hydrogen-bond donors (Lipinski definition) is 2. The van der Waals surface area contributed by atoms with Crippen molar-refractivity contribution in [1.82, 2.24) is 0 Å². The number of quaternary nitrogens is 1. The average Bonchev–Trinajstić information content (AvgIpc) is 1.81. The summed E-state index contributed by atoms with van der Waals surface area (Å²) in [7, 11) is 5.80. The van der Waals surface area contributed by atoms with E-state index in [9.17, 15) is 9.90 Å². The highest BCUT2D eigenvalue weighted by molar-refractivity contribution is 5.68. The Morgan fingerprint density at radius 2 is 1.85 bits per heavy atom. The van der Waals surface area contributed by atoms with Crippen LogP contribution in [0.3, 0.4) is 0 Å². The van der Waals surface area contributed by atoms with E-state index in [0.29, 0.717) is 17.4 Å². The largest absolute Gasteiger partial charge is 0.481 e. The zero-order valence-corrected chi connectivity index (χ0v) is 8.87. The summed E-state index contributed by atoms with van der Waals surface area (Å²) in [6.45, 7) is 2.26. The number of aliphatic carboxylic acids is 1. The maximum Gasteiger partial charge on any atom is 0.306 e. The zero-order valence-electron chi connectivity index (χ0n) is 8.87. The van der Waals surface area contributed by atoms with E-state index in [-0.39, 0.29) is 6.42 Å². The fourth-order valence-corrected chi connectivity index (χ4v) is 1.46. The number of aliphatic hydroxyl groups is 1. The molecular formula is C9H20NO3+. The van der Waals surface area contributed by atoms with Gasteiger partial charge in [-0.2, -0.15) is 0 Å². The van der Waals surface area contributed by atoms with Gasteiger partial charge in [0, 0.05) is 0 Å². The van der Waals surface area contributed by atoms with Crippen molar-refractivity contribution in [3.63, 3.8) is 0 Å². The van der Waals surface area contributed by atoms with Crippen LogP contribution in [0.4, 0.5) is 0 Å². The molecule has 1 atom stereocenters. The van der Waals surface area contributed by atoms with E-state index in [2.05, 4.69) is 0 Å². The van der Waals surface area contributed by atoms with Crippen molar-refractivity contribution in [3.05, 3.63) is 0 Å². The number of nitrogens with zero attached hydrogens (tertiary/aromatic N) is 1. The van der Waals surface area contributed by atoms with E-state index in [1.165, 1.54) is 0 Å². The van der Waals surface area contributed by atoms with Gasteiger partial charge in [0.15, 0.2) is 0 Å². The van der Waals surface area contributed by atoms with Gasteiger partial charge in [0.2, 0.25) is 0 Å². The molecule has 4 heteroatoms. The summed E-state index contributed by atoms with van der Waals surface area (Å²) in [5.41, 5.74) is -1.08. The molecule has 78 valence electrons. The lowest BCUT2D eigenvalue weighted by Crippen LogP contribution is -2.50. The first-order valence-corrected chi connectivity index (χ1v) is 4.43. The molecule has 0 saturated carbocycles. The molecule has 1 unspecified atom stereocenters. The van der Waals surface area contributed by atoms with Crippen molar-refractivity contribution in [3.8, 4) is 0 Å². The Bertz CT molecular complexity index is 186. The van der Waals surface area contributed by atoms with Crippen LogP contribution >= 0.6 is 0 Å². The van der Waals surface area contributed by atoms with Crippen LogP contribution in [0.1, 0.15) is 19.8 Å². The van der Waals surface area contributed by atoms with E-state index >= 15 is 0 Å². The summed E-state index contributed by atoms with van der Waals surface area (Å²) in [6, 6.07) is 0. The second-order valence-corrected chi connectivity index (χ2v) is 4.60. The molecule has 0 aliphatic heterocycles. The molecule has 0 saturated heterocycles. The van der Waals surface area contributed by atoms with Crippen LogP contribution in [0.2, 0.25) is 0 Å². The Hall–Kier alpha value is -0.610. The van der Waals surface area contributed by atoms with E-state index in [1.54, 1.807) is 6.92 Å². The van der Waals surface area contributed by atoms with Crippen molar-refractivity contribution in [1.29, 1.82) is 0 Å². The SMILES string of the molecule is CCC(O)(CC(=O)O)C[N+](C)(C)C. The molecule has 0 rings (SSSR count). The van der Waals surface area contributed by atoms with E-state index < -0.39 is 11.6 Å². The fraction of sp³-hybridized carbons (Fsp3) is 0.889. The van der Waals surface area contributed by atoms with Crippen LogP contribution in [0, 0.1) is 0 Å². The smallest absolute Gasteiger partial charge is 0.306 e. The number of carboxylic acids is 1. The third-order valence-electron chi connectivity index (χ3n) is 1.91. The van der Waals surface area contributed by atoms with Gasteiger partial charge in [-0.1, -0.05) is 6.92 Å². The van der Waals surface area contributed by atoms with Gasteiger partial charge in [-0.15, -0.1) is 0 Å². The molecular weight excluding hydrogens is 170 g/mol. The molecule has 4 nitrogen and oxygen atoms in total. The monoisotopic (exact) mass is 190 g/mol. The lowest BCUT2D eigenvalue weighted by atomic mass is 9.95. The minimum Gasteiger partial charge on any atom is -0.481 e. The predicted octanol–water partition coefficient (Wildman–Crippen LogP) is 0.308. The van der Waals surface area contributed by atoms with Gasteiger partial charge < -0.3 is 14.7 Å².